The van der Waals surface area contributed by atoms with E-state index in [4.69, 9.17) is 61.9 Å². The van der Waals surface area contributed by atoms with E-state index >= 15 is 0 Å². The van der Waals surface area contributed by atoms with Crippen molar-refractivity contribution >= 4 is 89.1 Å². The monoisotopic (exact) mass is 944 g/mol. The van der Waals surface area contributed by atoms with Crippen LogP contribution in [0.4, 0.5) is 46.0 Å². The molecule has 1 aliphatic heterocycles. The van der Waals surface area contributed by atoms with Gasteiger partial charge in [-0.2, -0.15) is 0 Å². The van der Waals surface area contributed by atoms with E-state index in [9.17, 15) is 0 Å². The van der Waals surface area contributed by atoms with Crippen LogP contribution in [0.5, 0.6) is 46.0 Å². The fourth-order valence-electron chi connectivity index (χ4n) is 8.92. The molecule has 0 saturated heterocycles. The average Bonchev–Trinajstić information content (AvgIpc) is 4.14. The summed E-state index contributed by atoms with van der Waals surface area (Å²) in [7, 11) is 0. The minimum absolute atomic E-state index is 0.117. The van der Waals surface area contributed by atoms with Crippen molar-refractivity contribution in [1.82, 2.24) is 19.9 Å². The molecule has 8 aromatic carbocycles. The lowest BCUT2D eigenvalue weighted by atomic mass is 10.1. The molecule has 16 heteroatoms. The Morgan fingerprint density at radius 3 is 0.819 bits per heavy atom. The fourth-order valence-corrected chi connectivity index (χ4v) is 8.92. The van der Waals surface area contributed by atoms with Crippen molar-refractivity contribution in [2.24, 2.45) is 20.0 Å². The zero-order chi connectivity index (χ0) is 48.5. The van der Waals surface area contributed by atoms with Crippen LogP contribution in [0, 0.1) is 0 Å². The standard InChI is InChI=1S/C56H40N12O4/c57-29-13-21-33(22-14-29)69-45-43-44(46(70-34-23-15-30(58)16-24-34)48(72-36-27-19-32(60)20-28-36)47(45)71-35-25-17-31(59)18-26-35)56-67-54-42-12-6-4-10-40(42)52(65-54)63-50-38-8-2-1-7-37(38)49(61-50)62-51-39-9-3-5-11-41(39)53(64-51)66-55(43)68-56/h1-28H,57-60H2,(H4,61,62,63,64,65,66,67,68). The molecule has 16 nitrogen and oxygen atoms in total. The zero-order valence-electron chi connectivity index (χ0n) is 37.9. The number of aromatic amines is 4. The molecule has 0 aliphatic carbocycles. The summed E-state index contributed by atoms with van der Waals surface area (Å²) in [5, 5.41) is 5.85. The van der Waals surface area contributed by atoms with Crippen LogP contribution in [0.3, 0.4) is 0 Å². The second-order valence-corrected chi connectivity index (χ2v) is 17.1. The Kier molecular flexibility index (Phi) is 9.63. The van der Waals surface area contributed by atoms with Gasteiger partial charge in [0.2, 0.25) is 11.5 Å². The number of H-pyrrole nitrogens is 4. The first kappa shape index (κ1) is 41.7. The number of benzene rings is 8. The Morgan fingerprint density at radius 2 is 0.514 bits per heavy atom. The van der Waals surface area contributed by atoms with Gasteiger partial charge in [0.05, 0.1) is 10.8 Å². The molecule has 13 rings (SSSR count). The quantitative estimate of drug-likeness (QED) is 0.0678. The van der Waals surface area contributed by atoms with Crippen LogP contribution in [0.1, 0.15) is 0 Å². The Hall–Kier alpha value is -10.5. The molecule has 12 N–H and O–H groups in total. The van der Waals surface area contributed by atoms with Gasteiger partial charge in [-0.25, -0.2) is 20.0 Å². The molecule has 0 spiro atoms. The minimum Gasteiger partial charge on any atom is -0.452 e. The molecule has 0 radical (unpaired) electrons. The van der Waals surface area contributed by atoms with Crippen molar-refractivity contribution < 1.29 is 18.9 Å². The predicted octanol–water partition coefficient (Wildman–Crippen LogP) is 11.2. The molecule has 0 fully saturated rings. The largest absolute Gasteiger partial charge is 0.452 e. The lowest BCUT2D eigenvalue weighted by Crippen LogP contribution is -2.10. The molecule has 0 amide bonds. The highest BCUT2D eigenvalue weighted by Gasteiger charge is 2.31. The third-order valence-corrected chi connectivity index (χ3v) is 12.4. The minimum atomic E-state index is 0.117. The first-order valence-electron chi connectivity index (χ1n) is 22.8. The van der Waals surface area contributed by atoms with Crippen molar-refractivity contribution in [3.05, 3.63) is 192 Å². The Bertz CT molecular complexity index is 4090. The molecule has 12 aromatic rings. The van der Waals surface area contributed by atoms with Gasteiger partial charge in [0.1, 0.15) is 68.2 Å². The summed E-state index contributed by atoms with van der Waals surface area (Å²) in [5.74, 6) is 4.39. The van der Waals surface area contributed by atoms with E-state index in [0.717, 1.165) is 32.3 Å². The number of ether oxygens (including phenoxy) is 4. The first-order valence-corrected chi connectivity index (χ1v) is 22.8. The molecular weight excluding hydrogens is 905 g/mol. The summed E-state index contributed by atoms with van der Waals surface area (Å²) in [6.07, 6.45) is 0. The highest BCUT2D eigenvalue weighted by atomic mass is 16.6. The molecule has 4 aromatic heterocycles. The van der Waals surface area contributed by atoms with Gasteiger partial charge in [0.25, 0.3) is 0 Å². The van der Waals surface area contributed by atoms with Crippen molar-refractivity contribution in [2.75, 3.05) is 22.9 Å². The van der Waals surface area contributed by atoms with Gasteiger partial charge >= 0.3 is 0 Å². The Morgan fingerprint density at radius 1 is 0.264 bits per heavy atom. The SMILES string of the molecule is Nc1ccc(Oc2c(Oc3ccc(N)cc3)c(Oc3ccc(N)cc3)c3c4[nH]c(c3c2Oc2ccc(N)cc2)=Nc2[nH]c(c3ccccc23)N=c2[nH]c(c3ccccc23)=Nc2[nH]c(c3ccccc23)N=4)cc1. The zero-order valence-corrected chi connectivity index (χ0v) is 37.9. The van der Waals surface area contributed by atoms with Gasteiger partial charge in [-0.1, -0.05) is 72.8 Å². The normalized spacial score (nSPS) is 12.0. The van der Waals surface area contributed by atoms with Crippen LogP contribution in [0.2, 0.25) is 0 Å². The van der Waals surface area contributed by atoms with E-state index in [1.165, 1.54) is 0 Å². The number of nitrogen functional groups attached to an aromatic ring is 4. The van der Waals surface area contributed by atoms with Gasteiger partial charge in [-0.05, 0) is 97.1 Å². The lowest BCUT2D eigenvalue weighted by molar-refractivity contribution is 0.371. The second-order valence-electron chi connectivity index (χ2n) is 17.1. The number of nitrogens with one attached hydrogen (secondary N) is 4. The average molecular weight is 945 g/mol. The van der Waals surface area contributed by atoms with Crippen molar-refractivity contribution in [1.29, 1.82) is 0 Å². The molecule has 1 aliphatic rings. The van der Waals surface area contributed by atoms with E-state index in [-0.39, 0.29) is 23.0 Å². The maximum Gasteiger partial charge on any atom is 0.217 e. The van der Waals surface area contributed by atoms with Crippen LogP contribution in [-0.4, -0.2) is 19.9 Å². The molecule has 8 bridgehead atoms. The Balaban J connectivity index is 1.23. The Labute approximate surface area is 407 Å². The summed E-state index contributed by atoms with van der Waals surface area (Å²) in [6.45, 7) is 0. The number of nitrogens with zero attached hydrogens (tertiary/aromatic N) is 4. The summed E-state index contributed by atoms with van der Waals surface area (Å²) in [5.41, 5.74) is 28.9. The number of anilines is 4. The van der Waals surface area contributed by atoms with E-state index in [1.54, 1.807) is 97.1 Å². The van der Waals surface area contributed by atoms with Crippen LogP contribution in [0.15, 0.2) is 190 Å². The number of hydrogen-bond donors (Lipinski definition) is 8. The molecule has 5 heterocycles. The topological polar surface area (TPSA) is 254 Å². The smallest absolute Gasteiger partial charge is 0.217 e. The van der Waals surface area contributed by atoms with Crippen LogP contribution >= 0.6 is 0 Å². The van der Waals surface area contributed by atoms with Crippen LogP contribution in [-0.2, 0) is 0 Å². The highest BCUT2D eigenvalue weighted by Crippen LogP contribution is 2.55. The van der Waals surface area contributed by atoms with Crippen LogP contribution < -0.4 is 63.8 Å². The first-order chi connectivity index (χ1) is 35.3. The van der Waals surface area contributed by atoms with E-state index in [2.05, 4.69) is 19.9 Å². The molecule has 0 saturated carbocycles. The maximum absolute atomic E-state index is 7.07. The number of rotatable bonds is 8. The van der Waals surface area contributed by atoms with E-state index < -0.39 is 0 Å². The second kappa shape index (κ2) is 16.6. The van der Waals surface area contributed by atoms with Crippen molar-refractivity contribution in [2.45, 2.75) is 0 Å². The number of aromatic nitrogens is 4. The number of fused-ring (bicyclic) bond motifs is 20. The maximum atomic E-state index is 7.07. The lowest BCUT2D eigenvalue weighted by Gasteiger charge is -2.21. The van der Waals surface area contributed by atoms with Gasteiger partial charge in [0, 0.05) is 55.1 Å². The van der Waals surface area contributed by atoms with Gasteiger partial charge in [-0.15, -0.1) is 0 Å². The van der Waals surface area contributed by atoms with Gasteiger partial charge < -0.3 is 61.8 Å². The predicted molar refractivity (Wildman–Crippen MR) is 280 cm³/mol. The molecule has 348 valence electrons. The number of hydrogen-bond acceptors (Lipinski definition) is 12. The highest BCUT2D eigenvalue weighted by molar-refractivity contribution is 6.03. The summed E-state index contributed by atoms with van der Waals surface area (Å²) in [4.78, 5) is 35.6. The van der Waals surface area contributed by atoms with Crippen molar-refractivity contribution in [3.8, 4) is 46.0 Å². The third kappa shape index (κ3) is 7.35. The number of nitrogens with two attached hydrogens (primary N) is 4. The van der Waals surface area contributed by atoms with Gasteiger partial charge in [0.15, 0.2) is 11.5 Å². The molecular formula is C56H40N12O4. The fraction of sp³-hybridized carbons (Fsp3) is 0. The third-order valence-electron chi connectivity index (χ3n) is 12.4. The van der Waals surface area contributed by atoms with Crippen molar-refractivity contribution in [3.63, 3.8) is 0 Å². The van der Waals surface area contributed by atoms with E-state index in [1.807, 2.05) is 72.8 Å². The molecule has 72 heavy (non-hydrogen) atoms. The molecule has 0 atom stereocenters. The van der Waals surface area contributed by atoms with Crippen LogP contribution in [0.25, 0.3) is 43.1 Å². The molecule has 0 unspecified atom stereocenters. The summed E-state index contributed by atoms with van der Waals surface area (Å²) >= 11 is 0. The van der Waals surface area contributed by atoms with Gasteiger partial charge in [-0.3, -0.25) is 0 Å². The summed E-state index contributed by atoms with van der Waals surface area (Å²) in [6, 6.07) is 51.9. The summed E-state index contributed by atoms with van der Waals surface area (Å²) < 4.78 is 28.1. The van der Waals surface area contributed by atoms with E-state index in [0.29, 0.717) is 102 Å².